The molecule has 0 heterocycles. The molecule has 0 aliphatic rings. The predicted octanol–water partition coefficient (Wildman–Crippen LogP) is 3.11. The first kappa shape index (κ1) is 21.2. The number of esters is 2. The molecule has 0 aliphatic heterocycles. The summed E-state index contributed by atoms with van der Waals surface area (Å²) >= 11 is 0. The van der Waals surface area contributed by atoms with Gasteiger partial charge >= 0.3 is 11.9 Å². The van der Waals surface area contributed by atoms with Crippen LogP contribution in [0.2, 0.25) is 0 Å². The van der Waals surface area contributed by atoms with Crippen LogP contribution in [0.5, 0.6) is 0 Å². The summed E-state index contributed by atoms with van der Waals surface area (Å²) in [7, 11) is 1.27. The highest BCUT2D eigenvalue weighted by molar-refractivity contribution is 6.09. The number of nitriles is 1. The van der Waals surface area contributed by atoms with Gasteiger partial charge in [0.1, 0.15) is 11.6 Å². The zero-order valence-corrected chi connectivity index (χ0v) is 15.9. The minimum absolute atomic E-state index is 0.179. The lowest BCUT2D eigenvalue weighted by Gasteiger charge is -2.10. The van der Waals surface area contributed by atoms with Crippen molar-refractivity contribution in [2.24, 2.45) is 0 Å². The van der Waals surface area contributed by atoms with E-state index >= 15 is 0 Å². The highest BCUT2D eigenvalue weighted by atomic mass is 16.5. The Balaban J connectivity index is 2.17. The third kappa shape index (κ3) is 5.68. The molecule has 2 aromatic rings. The average molecular weight is 393 g/mol. The van der Waals surface area contributed by atoms with E-state index in [1.807, 2.05) is 0 Å². The standard InChI is InChI=1S/C21H19N3O5/c1-3-29-21(27)17-9-4-5-10-18(17)24-19(25)15(12-22)13-23-16-8-6-7-14(11-16)20(26)28-2/h4-11,13,23H,3H2,1-2H3,(H,24,25)/b15-13-. The zero-order chi connectivity index (χ0) is 21.2. The number of hydrogen-bond donors (Lipinski definition) is 2. The summed E-state index contributed by atoms with van der Waals surface area (Å²) in [5.74, 6) is -1.80. The van der Waals surface area contributed by atoms with E-state index in [0.29, 0.717) is 11.3 Å². The lowest BCUT2D eigenvalue weighted by atomic mass is 10.1. The van der Waals surface area contributed by atoms with Crippen molar-refractivity contribution in [2.75, 3.05) is 24.4 Å². The number of para-hydroxylation sites is 1. The van der Waals surface area contributed by atoms with E-state index in [1.165, 1.54) is 31.5 Å². The number of amides is 1. The van der Waals surface area contributed by atoms with Crippen LogP contribution in [0, 0.1) is 11.3 Å². The SMILES string of the molecule is CCOC(=O)c1ccccc1NC(=O)/C(C#N)=C\Nc1cccc(C(=O)OC)c1. The third-order valence-corrected chi connectivity index (χ3v) is 3.70. The maximum Gasteiger partial charge on any atom is 0.340 e. The molecular weight excluding hydrogens is 374 g/mol. The Morgan fingerprint density at radius 3 is 2.55 bits per heavy atom. The van der Waals surface area contributed by atoms with Crippen LogP contribution in [0.1, 0.15) is 27.6 Å². The molecule has 0 atom stereocenters. The number of nitrogens with zero attached hydrogens (tertiary/aromatic N) is 1. The summed E-state index contributed by atoms with van der Waals surface area (Å²) in [6.45, 7) is 1.87. The second kappa shape index (κ2) is 10.3. The van der Waals surface area contributed by atoms with E-state index in [1.54, 1.807) is 43.3 Å². The van der Waals surface area contributed by atoms with Crippen molar-refractivity contribution in [3.05, 3.63) is 71.4 Å². The molecule has 0 fully saturated rings. The van der Waals surface area contributed by atoms with Gasteiger partial charge < -0.3 is 20.1 Å². The van der Waals surface area contributed by atoms with E-state index in [9.17, 15) is 19.6 Å². The van der Waals surface area contributed by atoms with E-state index in [4.69, 9.17) is 4.74 Å². The quantitative estimate of drug-likeness (QED) is 0.421. The van der Waals surface area contributed by atoms with E-state index in [0.717, 1.165) is 0 Å². The first-order chi connectivity index (χ1) is 14.0. The van der Waals surface area contributed by atoms with Crippen LogP contribution in [-0.2, 0) is 14.3 Å². The predicted molar refractivity (Wildman–Crippen MR) is 106 cm³/mol. The zero-order valence-electron chi connectivity index (χ0n) is 15.9. The molecule has 8 heteroatoms. The Kier molecular flexibility index (Phi) is 7.51. The molecule has 0 bridgehead atoms. The smallest absolute Gasteiger partial charge is 0.340 e. The van der Waals surface area contributed by atoms with Gasteiger partial charge in [-0.15, -0.1) is 0 Å². The van der Waals surface area contributed by atoms with Gasteiger partial charge in [0.2, 0.25) is 0 Å². The van der Waals surface area contributed by atoms with E-state index in [2.05, 4.69) is 15.4 Å². The number of hydrogen-bond acceptors (Lipinski definition) is 7. The summed E-state index contributed by atoms with van der Waals surface area (Å²) in [6.07, 6.45) is 1.21. The average Bonchev–Trinajstić information content (AvgIpc) is 2.74. The number of rotatable bonds is 7. The maximum atomic E-state index is 12.5. The van der Waals surface area contributed by atoms with Crippen molar-refractivity contribution >= 4 is 29.2 Å². The fraction of sp³-hybridized carbons (Fsp3) is 0.143. The van der Waals surface area contributed by atoms with Gasteiger partial charge in [-0.1, -0.05) is 18.2 Å². The molecule has 0 aromatic heterocycles. The van der Waals surface area contributed by atoms with Gasteiger partial charge in [0.15, 0.2) is 0 Å². The fourth-order valence-corrected chi connectivity index (χ4v) is 2.33. The van der Waals surface area contributed by atoms with Gasteiger partial charge in [0.05, 0.1) is 30.5 Å². The molecular formula is C21H19N3O5. The second-order valence-electron chi connectivity index (χ2n) is 5.61. The summed E-state index contributed by atoms with van der Waals surface area (Å²) in [6, 6.07) is 14.5. The minimum atomic E-state index is -0.708. The second-order valence-corrected chi connectivity index (χ2v) is 5.61. The number of carbonyl (C=O) groups excluding carboxylic acids is 3. The molecule has 0 radical (unpaired) electrons. The highest BCUT2D eigenvalue weighted by Crippen LogP contribution is 2.17. The minimum Gasteiger partial charge on any atom is -0.465 e. The van der Waals surface area contributed by atoms with Crippen LogP contribution in [0.4, 0.5) is 11.4 Å². The molecule has 0 saturated heterocycles. The molecule has 0 aliphatic carbocycles. The molecule has 2 aromatic carbocycles. The highest BCUT2D eigenvalue weighted by Gasteiger charge is 2.16. The molecule has 0 spiro atoms. The van der Waals surface area contributed by atoms with Gasteiger partial charge in [-0.3, -0.25) is 4.79 Å². The van der Waals surface area contributed by atoms with Crippen LogP contribution in [0.15, 0.2) is 60.3 Å². The summed E-state index contributed by atoms with van der Waals surface area (Å²) in [5.41, 5.74) is 0.980. The maximum absolute atomic E-state index is 12.5. The number of ether oxygens (including phenoxy) is 2. The van der Waals surface area contributed by atoms with Crippen molar-refractivity contribution in [3.8, 4) is 6.07 Å². The normalized spacial score (nSPS) is 10.4. The molecule has 2 N–H and O–H groups in total. The molecule has 1 amide bonds. The van der Waals surface area contributed by atoms with Gasteiger partial charge in [-0.2, -0.15) is 5.26 Å². The van der Waals surface area contributed by atoms with Crippen molar-refractivity contribution < 1.29 is 23.9 Å². The summed E-state index contributed by atoms with van der Waals surface area (Å²) in [4.78, 5) is 36.0. The summed E-state index contributed by atoms with van der Waals surface area (Å²) in [5, 5.41) is 14.6. The van der Waals surface area contributed by atoms with Crippen molar-refractivity contribution in [3.63, 3.8) is 0 Å². The van der Waals surface area contributed by atoms with Crippen LogP contribution in [-0.4, -0.2) is 31.6 Å². The lowest BCUT2D eigenvalue weighted by Crippen LogP contribution is -2.17. The van der Waals surface area contributed by atoms with Crippen molar-refractivity contribution in [1.82, 2.24) is 0 Å². The Morgan fingerprint density at radius 1 is 1.10 bits per heavy atom. The number of anilines is 2. The first-order valence-corrected chi connectivity index (χ1v) is 8.62. The molecule has 29 heavy (non-hydrogen) atoms. The van der Waals surface area contributed by atoms with Crippen molar-refractivity contribution in [2.45, 2.75) is 6.92 Å². The number of methoxy groups -OCH3 is 1. The molecule has 8 nitrogen and oxygen atoms in total. The number of nitrogens with one attached hydrogen (secondary N) is 2. The third-order valence-electron chi connectivity index (χ3n) is 3.70. The Bertz CT molecular complexity index is 992. The largest absolute Gasteiger partial charge is 0.465 e. The van der Waals surface area contributed by atoms with Gasteiger partial charge in [0, 0.05) is 11.9 Å². The molecule has 2 rings (SSSR count). The molecule has 0 saturated carbocycles. The Hall–Kier alpha value is -4.12. The van der Waals surface area contributed by atoms with Crippen molar-refractivity contribution in [1.29, 1.82) is 5.26 Å². The number of carbonyl (C=O) groups is 3. The van der Waals surface area contributed by atoms with Gasteiger partial charge in [-0.25, -0.2) is 9.59 Å². The van der Waals surface area contributed by atoms with E-state index in [-0.39, 0.29) is 23.4 Å². The molecule has 148 valence electrons. The Morgan fingerprint density at radius 2 is 1.86 bits per heavy atom. The lowest BCUT2D eigenvalue weighted by molar-refractivity contribution is -0.112. The summed E-state index contributed by atoms with van der Waals surface area (Å²) < 4.78 is 9.62. The van der Waals surface area contributed by atoms with Gasteiger partial charge in [0.25, 0.3) is 5.91 Å². The Labute approximate surface area is 167 Å². The van der Waals surface area contributed by atoms with Crippen LogP contribution in [0.3, 0.4) is 0 Å². The van der Waals surface area contributed by atoms with E-state index < -0.39 is 17.8 Å². The van der Waals surface area contributed by atoms with Crippen LogP contribution >= 0.6 is 0 Å². The van der Waals surface area contributed by atoms with Crippen LogP contribution in [0.25, 0.3) is 0 Å². The van der Waals surface area contributed by atoms with Crippen LogP contribution < -0.4 is 10.6 Å². The topological polar surface area (TPSA) is 118 Å². The first-order valence-electron chi connectivity index (χ1n) is 8.62. The molecule has 0 unspecified atom stereocenters. The van der Waals surface area contributed by atoms with Gasteiger partial charge in [-0.05, 0) is 37.3 Å². The number of benzene rings is 2. The fourth-order valence-electron chi connectivity index (χ4n) is 2.33. The monoisotopic (exact) mass is 393 g/mol.